The molecule has 0 radical (unpaired) electrons. The van der Waals surface area contributed by atoms with E-state index in [1.807, 2.05) is 30.3 Å². The molecule has 0 aliphatic carbocycles. The number of halogens is 1. The van der Waals surface area contributed by atoms with Crippen molar-refractivity contribution in [2.24, 2.45) is 7.05 Å². The van der Waals surface area contributed by atoms with Gasteiger partial charge in [-0.2, -0.15) is 5.10 Å². The van der Waals surface area contributed by atoms with E-state index >= 15 is 0 Å². The number of allylic oxidation sites excluding steroid dienone is 3. The second-order valence-electron chi connectivity index (χ2n) is 4.01. The van der Waals surface area contributed by atoms with Crippen LogP contribution in [-0.4, -0.2) is 15.6 Å². The number of nitrogens with zero attached hydrogens (tertiary/aromatic N) is 2. The van der Waals surface area contributed by atoms with Crippen molar-refractivity contribution >= 4 is 23.5 Å². The molecular formula is C15H13ClN2O. The highest BCUT2D eigenvalue weighted by molar-refractivity contribution is 6.33. The number of aromatic nitrogens is 2. The summed E-state index contributed by atoms with van der Waals surface area (Å²) in [7, 11) is 1.77. The summed E-state index contributed by atoms with van der Waals surface area (Å²) in [5, 5.41) is 4.52. The van der Waals surface area contributed by atoms with Crippen molar-refractivity contribution in [3.05, 3.63) is 71.0 Å². The summed E-state index contributed by atoms with van der Waals surface area (Å²) in [5.41, 5.74) is 1.39. The molecule has 3 nitrogen and oxygen atoms in total. The molecule has 0 saturated heterocycles. The van der Waals surface area contributed by atoms with Gasteiger partial charge in [-0.3, -0.25) is 9.48 Å². The number of ketones is 1. The first-order valence-electron chi connectivity index (χ1n) is 5.79. The first-order valence-corrected chi connectivity index (χ1v) is 6.17. The molecule has 0 saturated carbocycles. The maximum absolute atomic E-state index is 11.8. The second-order valence-corrected chi connectivity index (χ2v) is 4.45. The molecule has 0 amide bonds. The molecule has 0 spiro atoms. The zero-order chi connectivity index (χ0) is 13.7. The SMILES string of the molecule is Cn1ccc(C(=O)/C=C/C(Cl)=C/c2ccccc2)n1. The zero-order valence-corrected chi connectivity index (χ0v) is 11.2. The van der Waals surface area contributed by atoms with Crippen molar-refractivity contribution in [1.82, 2.24) is 9.78 Å². The Hall–Kier alpha value is -2.13. The van der Waals surface area contributed by atoms with Crippen LogP contribution in [0.4, 0.5) is 0 Å². The molecule has 0 unspecified atom stereocenters. The van der Waals surface area contributed by atoms with E-state index in [0.29, 0.717) is 10.7 Å². The van der Waals surface area contributed by atoms with Gasteiger partial charge in [0.25, 0.3) is 0 Å². The molecule has 96 valence electrons. The van der Waals surface area contributed by atoms with E-state index in [2.05, 4.69) is 5.10 Å². The molecular weight excluding hydrogens is 260 g/mol. The van der Waals surface area contributed by atoms with Crippen molar-refractivity contribution in [2.45, 2.75) is 0 Å². The molecule has 1 aromatic carbocycles. The van der Waals surface area contributed by atoms with E-state index in [9.17, 15) is 4.79 Å². The molecule has 0 aliphatic rings. The Morgan fingerprint density at radius 1 is 1.21 bits per heavy atom. The van der Waals surface area contributed by atoms with Gasteiger partial charge in [0, 0.05) is 18.3 Å². The Morgan fingerprint density at radius 3 is 2.58 bits per heavy atom. The lowest BCUT2D eigenvalue weighted by molar-refractivity contribution is 0.104. The highest BCUT2D eigenvalue weighted by Gasteiger charge is 2.04. The quantitative estimate of drug-likeness (QED) is 0.485. The molecule has 0 atom stereocenters. The van der Waals surface area contributed by atoms with Gasteiger partial charge in [0.15, 0.2) is 0 Å². The summed E-state index contributed by atoms with van der Waals surface area (Å²) in [4.78, 5) is 11.8. The molecule has 1 aromatic heterocycles. The molecule has 1 heterocycles. The Bertz CT molecular complexity index is 627. The summed E-state index contributed by atoms with van der Waals surface area (Å²) in [5.74, 6) is -0.166. The number of rotatable bonds is 4. The molecule has 0 fully saturated rings. The number of benzene rings is 1. The first kappa shape index (κ1) is 13.3. The number of hydrogen-bond acceptors (Lipinski definition) is 2. The van der Waals surface area contributed by atoms with Gasteiger partial charge < -0.3 is 0 Å². The third-order valence-corrected chi connectivity index (χ3v) is 2.70. The van der Waals surface area contributed by atoms with E-state index in [1.165, 1.54) is 6.08 Å². The van der Waals surface area contributed by atoms with Crippen molar-refractivity contribution < 1.29 is 4.79 Å². The summed E-state index contributed by atoms with van der Waals surface area (Å²) in [6.07, 6.45) is 6.52. The second kappa shape index (κ2) is 6.16. The summed E-state index contributed by atoms with van der Waals surface area (Å²) >= 11 is 6.05. The largest absolute Gasteiger partial charge is 0.287 e. The van der Waals surface area contributed by atoms with Crippen LogP contribution in [-0.2, 0) is 7.05 Å². The summed E-state index contributed by atoms with van der Waals surface area (Å²) < 4.78 is 1.59. The van der Waals surface area contributed by atoms with Gasteiger partial charge in [0.2, 0.25) is 5.78 Å². The molecule has 2 rings (SSSR count). The fourth-order valence-corrected chi connectivity index (χ4v) is 1.73. The number of carbonyl (C=O) groups is 1. The van der Waals surface area contributed by atoms with Crippen molar-refractivity contribution in [1.29, 1.82) is 0 Å². The Balaban J connectivity index is 2.06. The Kier molecular flexibility index (Phi) is 4.31. The van der Waals surface area contributed by atoms with Gasteiger partial charge >= 0.3 is 0 Å². The lowest BCUT2D eigenvalue weighted by Gasteiger charge is -1.93. The molecule has 0 aliphatic heterocycles. The zero-order valence-electron chi connectivity index (χ0n) is 10.5. The van der Waals surface area contributed by atoms with Gasteiger partial charge in [-0.15, -0.1) is 0 Å². The van der Waals surface area contributed by atoms with Crippen LogP contribution >= 0.6 is 11.6 Å². The Labute approximate surface area is 116 Å². The van der Waals surface area contributed by atoms with Crippen molar-refractivity contribution in [2.75, 3.05) is 0 Å². The number of aryl methyl sites for hydroxylation is 1. The minimum Gasteiger partial charge on any atom is -0.287 e. The third-order valence-electron chi connectivity index (χ3n) is 2.46. The lowest BCUT2D eigenvalue weighted by atomic mass is 10.2. The lowest BCUT2D eigenvalue weighted by Crippen LogP contribution is -1.97. The van der Waals surface area contributed by atoms with Crippen LogP contribution in [0.1, 0.15) is 16.1 Å². The highest BCUT2D eigenvalue weighted by Crippen LogP contribution is 2.11. The van der Waals surface area contributed by atoms with E-state index in [-0.39, 0.29) is 5.78 Å². The Morgan fingerprint density at radius 2 is 1.95 bits per heavy atom. The van der Waals surface area contributed by atoms with E-state index in [1.54, 1.807) is 36.1 Å². The molecule has 4 heteroatoms. The molecule has 19 heavy (non-hydrogen) atoms. The number of carbonyl (C=O) groups excluding carboxylic acids is 1. The third kappa shape index (κ3) is 3.93. The van der Waals surface area contributed by atoms with Gasteiger partial charge in [0.05, 0.1) is 0 Å². The maximum atomic E-state index is 11.8. The first-order chi connectivity index (χ1) is 9.15. The van der Waals surface area contributed by atoms with Crippen molar-refractivity contribution in [3.8, 4) is 0 Å². The average molecular weight is 273 g/mol. The van der Waals surface area contributed by atoms with Gasteiger partial charge in [-0.25, -0.2) is 0 Å². The minimum atomic E-state index is -0.166. The minimum absolute atomic E-state index is 0.166. The topological polar surface area (TPSA) is 34.9 Å². The van der Waals surface area contributed by atoms with Crippen LogP contribution in [0.3, 0.4) is 0 Å². The maximum Gasteiger partial charge on any atom is 0.206 e. The predicted octanol–water partition coefficient (Wildman–Crippen LogP) is 3.44. The smallest absolute Gasteiger partial charge is 0.206 e. The van der Waals surface area contributed by atoms with Crippen molar-refractivity contribution in [3.63, 3.8) is 0 Å². The van der Waals surface area contributed by atoms with Crippen LogP contribution in [0.25, 0.3) is 6.08 Å². The normalized spacial score (nSPS) is 12.0. The van der Waals surface area contributed by atoms with Crippen LogP contribution in [0.2, 0.25) is 0 Å². The fourth-order valence-electron chi connectivity index (χ4n) is 1.54. The summed E-state index contributed by atoms with van der Waals surface area (Å²) in [6, 6.07) is 11.3. The number of hydrogen-bond donors (Lipinski definition) is 0. The summed E-state index contributed by atoms with van der Waals surface area (Å²) in [6.45, 7) is 0. The molecule has 2 aromatic rings. The van der Waals surface area contributed by atoms with E-state index in [4.69, 9.17) is 11.6 Å². The molecule has 0 bridgehead atoms. The van der Waals surface area contributed by atoms with Crippen LogP contribution in [0.15, 0.2) is 59.8 Å². The van der Waals surface area contributed by atoms with E-state index < -0.39 is 0 Å². The van der Waals surface area contributed by atoms with E-state index in [0.717, 1.165) is 5.56 Å². The fraction of sp³-hybridized carbons (Fsp3) is 0.0667. The van der Waals surface area contributed by atoms with Crippen LogP contribution < -0.4 is 0 Å². The van der Waals surface area contributed by atoms with Crippen LogP contribution in [0.5, 0.6) is 0 Å². The molecule has 0 N–H and O–H groups in total. The average Bonchev–Trinajstić information content (AvgIpc) is 2.84. The highest BCUT2D eigenvalue weighted by atomic mass is 35.5. The van der Waals surface area contributed by atoms with Gasteiger partial charge in [-0.05, 0) is 29.9 Å². The van der Waals surface area contributed by atoms with Gasteiger partial charge in [-0.1, -0.05) is 41.9 Å². The predicted molar refractivity (Wildman–Crippen MR) is 77.0 cm³/mol. The monoisotopic (exact) mass is 272 g/mol. The van der Waals surface area contributed by atoms with Gasteiger partial charge in [0.1, 0.15) is 5.69 Å². The standard InChI is InChI=1S/C15H13ClN2O/c1-18-10-9-14(17-18)15(19)8-7-13(16)11-12-5-3-2-4-6-12/h2-11H,1H3/b8-7+,13-11-. The van der Waals surface area contributed by atoms with Crippen LogP contribution in [0, 0.1) is 0 Å².